The number of para-hydroxylation sites is 1. The summed E-state index contributed by atoms with van der Waals surface area (Å²) in [6, 6.07) is 24.4. The fourth-order valence-corrected chi connectivity index (χ4v) is 3.86. The molecule has 0 N–H and O–H groups in total. The van der Waals surface area contributed by atoms with E-state index in [1.165, 1.54) is 12.0 Å². The molecule has 0 aliphatic carbocycles. The van der Waals surface area contributed by atoms with Gasteiger partial charge in [0.25, 0.3) is 5.91 Å². The first-order valence-corrected chi connectivity index (χ1v) is 10.8. The molecule has 0 unspecified atom stereocenters. The molecule has 4 rings (SSSR count). The first kappa shape index (κ1) is 22.9. The molecule has 0 spiro atoms. The van der Waals surface area contributed by atoms with Crippen molar-refractivity contribution in [2.45, 2.75) is 13.5 Å². The monoisotopic (exact) mass is 455 g/mol. The lowest BCUT2D eigenvalue weighted by Crippen LogP contribution is -2.24. The first-order valence-electron chi connectivity index (χ1n) is 10.8. The van der Waals surface area contributed by atoms with Gasteiger partial charge in [-0.3, -0.25) is 9.69 Å². The van der Waals surface area contributed by atoms with Gasteiger partial charge in [0.15, 0.2) is 11.5 Å². The highest BCUT2D eigenvalue weighted by Gasteiger charge is 2.37. The van der Waals surface area contributed by atoms with Gasteiger partial charge in [0.1, 0.15) is 6.61 Å². The Morgan fingerprint density at radius 2 is 1.59 bits per heavy atom. The molecular formula is C28H25NO5. The number of allylic oxidation sites excluding steroid dienone is 1. The van der Waals surface area contributed by atoms with Gasteiger partial charge in [-0.1, -0.05) is 54.6 Å². The highest BCUT2D eigenvalue weighted by Crippen LogP contribution is 2.36. The Labute approximate surface area is 198 Å². The third-order valence-electron chi connectivity index (χ3n) is 5.54. The molecule has 1 aliphatic rings. The number of carbonyl (C=O) groups excluding carboxylic acids is 2. The Bertz CT molecular complexity index is 1260. The Balaban J connectivity index is 1.67. The standard InChI is InChI=1S/C28H25NO5/c1-19-26(28(31)33-3)23(27(30)29(19)22-12-8-5-9-13-22)16-21-14-15-24(25(17-21)32-2)34-18-20-10-6-4-7-11-20/h4-17H,18H2,1-3H3/b23-16-. The molecule has 3 aromatic carbocycles. The van der Waals surface area contributed by atoms with Crippen molar-refractivity contribution in [3.8, 4) is 11.5 Å². The lowest BCUT2D eigenvalue weighted by Gasteiger charge is -2.17. The molecule has 1 amide bonds. The van der Waals surface area contributed by atoms with Crippen LogP contribution in [0, 0.1) is 0 Å². The minimum absolute atomic E-state index is 0.236. The van der Waals surface area contributed by atoms with E-state index in [-0.39, 0.29) is 17.1 Å². The third kappa shape index (κ3) is 4.57. The van der Waals surface area contributed by atoms with Crippen LogP contribution >= 0.6 is 0 Å². The lowest BCUT2D eigenvalue weighted by atomic mass is 10.0. The SMILES string of the molecule is COC(=O)C1=C(C)N(c2ccccc2)C(=O)/C1=C\c1ccc(OCc2ccccc2)c(OC)c1. The molecule has 0 saturated heterocycles. The molecule has 172 valence electrons. The van der Waals surface area contributed by atoms with Gasteiger partial charge in [0, 0.05) is 11.4 Å². The number of methoxy groups -OCH3 is 2. The van der Waals surface area contributed by atoms with Crippen LogP contribution in [0.3, 0.4) is 0 Å². The quantitative estimate of drug-likeness (QED) is 0.364. The van der Waals surface area contributed by atoms with Crippen molar-refractivity contribution in [2.75, 3.05) is 19.1 Å². The van der Waals surface area contributed by atoms with Gasteiger partial charge >= 0.3 is 5.97 Å². The molecule has 0 aromatic heterocycles. The fraction of sp³-hybridized carbons (Fsp3) is 0.143. The molecule has 1 heterocycles. The predicted octanol–water partition coefficient (Wildman–Crippen LogP) is 5.15. The molecule has 1 aliphatic heterocycles. The largest absolute Gasteiger partial charge is 0.493 e. The number of amides is 1. The molecule has 0 fully saturated rings. The van der Waals surface area contributed by atoms with Gasteiger partial charge in [-0.05, 0) is 48.4 Å². The first-order chi connectivity index (χ1) is 16.5. The summed E-state index contributed by atoms with van der Waals surface area (Å²) in [6.45, 7) is 2.13. The summed E-state index contributed by atoms with van der Waals surface area (Å²) in [5.74, 6) is 0.242. The highest BCUT2D eigenvalue weighted by atomic mass is 16.5. The lowest BCUT2D eigenvalue weighted by molar-refractivity contribution is -0.136. The number of hydrogen-bond acceptors (Lipinski definition) is 5. The maximum Gasteiger partial charge on any atom is 0.340 e. The van der Waals surface area contributed by atoms with Crippen LogP contribution in [0.15, 0.2) is 95.7 Å². The third-order valence-corrected chi connectivity index (χ3v) is 5.54. The smallest absolute Gasteiger partial charge is 0.340 e. The topological polar surface area (TPSA) is 65.1 Å². The van der Waals surface area contributed by atoms with Crippen LogP contribution in [0.1, 0.15) is 18.1 Å². The van der Waals surface area contributed by atoms with Gasteiger partial charge in [-0.15, -0.1) is 0 Å². The van der Waals surface area contributed by atoms with Gasteiger partial charge in [0.05, 0.1) is 25.4 Å². The fourth-order valence-electron chi connectivity index (χ4n) is 3.86. The maximum atomic E-state index is 13.4. The zero-order valence-corrected chi connectivity index (χ0v) is 19.3. The number of anilines is 1. The Morgan fingerprint density at radius 1 is 0.912 bits per heavy atom. The summed E-state index contributed by atoms with van der Waals surface area (Å²) in [7, 11) is 2.86. The van der Waals surface area contributed by atoms with Crippen LogP contribution in [0.2, 0.25) is 0 Å². The summed E-state index contributed by atoms with van der Waals surface area (Å²) < 4.78 is 16.4. The molecule has 0 saturated carbocycles. The maximum absolute atomic E-state index is 13.4. The average Bonchev–Trinajstić information content (AvgIpc) is 3.12. The highest BCUT2D eigenvalue weighted by molar-refractivity contribution is 6.23. The van der Waals surface area contributed by atoms with Crippen LogP contribution in [0.4, 0.5) is 5.69 Å². The number of carbonyl (C=O) groups is 2. The van der Waals surface area contributed by atoms with Crippen LogP contribution in [-0.4, -0.2) is 26.1 Å². The minimum atomic E-state index is -0.565. The minimum Gasteiger partial charge on any atom is -0.493 e. The van der Waals surface area contributed by atoms with E-state index in [9.17, 15) is 9.59 Å². The summed E-state index contributed by atoms with van der Waals surface area (Å²) >= 11 is 0. The van der Waals surface area contributed by atoms with E-state index >= 15 is 0 Å². The molecule has 0 atom stereocenters. The number of benzene rings is 3. The number of esters is 1. The van der Waals surface area contributed by atoms with Crippen LogP contribution in [-0.2, 0) is 20.9 Å². The normalized spacial score (nSPS) is 14.5. The van der Waals surface area contributed by atoms with Crippen molar-refractivity contribution in [1.82, 2.24) is 0 Å². The van der Waals surface area contributed by atoms with Crippen molar-refractivity contribution in [2.24, 2.45) is 0 Å². The van der Waals surface area contributed by atoms with E-state index < -0.39 is 5.97 Å². The predicted molar refractivity (Wildman–Crippen MR) is 130 cm³/mol. The number of ether oxygens (including phenoxy) is 3. The van der Waals surface area contributed by atoms with Gasteiger partial charge in [0.2, 0.25) is 0 Å². The molecule has 0 bridgehead atoms. The van der Waals surface area contributed by atoms with Crippen molar-refractivity contribution >= 4 is 23.6 Å². The molecule has 0 radical (unpaired) electrons. The van der Waals surface area contributed by atoms with Gasteiger partial charge in [-0.2, -0.15) is 0 Å². The van der Waals surface area contributed by atoms with Crippen LogP contribution < -0.4 is 14.4 Å². The number of hydrogen-bond donors (Lipinski definition) is 0. The van der Waals surface area contributed by atoms with E-state index in [1.807, 2.05) is 66.7 Å². The van der Waals surface area contributed by atoms with E-state index in [2.05, 4.69) is 0 Å². The van der Waals surface area contributed by atoms with Crippen LogP contribution in [0.5, 0.6) is 11.5 Å². The molecular weight excluding hydrogens is 430 g/mol. The molecule has 6 heteroatoms. The summed E-state index contributed by atoms with van der Waals surface area (Å²) in [5.41, 5.74) is 3.42. The van der Waals surface area contributed by atoms with E-state index in [1.54, 1.807) is 32.2 Å². The zero-order chi connectivity index (χ0) is 24.1. The average molecular weight is 456 g/mol. The zero-order valence-electron chi connectivity index (χ0n) is 19.3. The van der Waals surface area contributed by atoms with Crippen molar-refractivity contribution in [3.05, 3.63) is 107 Å². The number of rotatable bonds is 7. The van der Waals surface area contributed by atoms with E-state index in [0.29, 0.717) is 35.1 Å². The summed E-state index contributed by atoms with van der Waals surface area (Å²) in [5, 5.41) is 0. The van der Waals surface area contributed by atoms with E-state index in [0.717, 1.165) is 5.56 Å². The summed E-state index contributed by atoms with van der Waals surface area (Å²) in [4.78, 5) is 27.5. The van der Waals surface area contributed by atoms with E-state index in [4.69, 9.17) is 14.2 Å². The Kier molecular flexibility index (Phi) is 6.78. The molecule has 34 heavy (non-hydrogen) atoms. The second kappa shape index (κ2) is 10.1. The van der Waals surface area contributed by atoms with Gasteiger partial charge in [-0.25, -0.2) is 4.79 Å². The van der Waals surface area contributed by atoms with Crippen molar-refractivity contribution < 1.29 is 23.8 Å². The van der Waals surface area contributed by atoms with Crippen molar-refractivity contribution in [1.29, 1.82) is 0 Å². The van der Waals surface area contributed by atoms with Crippen molar-refractivity contribution in [3.63, 3.8) is 0 Å². The number of nitrogens with zero attached hydrogens (tertiary/aromatic N) is 1. The van der Waals surface area contributed by atoms with Crippen LogP contribution in [0.25, 0.3) is 6.08 Å². The second-order valence-electron chi connectivity index (χ2n) is 7.67. The second-order valence-corrected chi connectivity index (χ2v) is 7.67. The Hall–Kier alpha value is -4.32. The van der Waals surface area contributed by atoms with Gasteiger partial charge < -0.3 is 14.2 Å². The molecule has 3 aromatic rings. The Morgan fingerprint density at radius 3 is 2.24 bits per heavy atom. The molecule has 6 nitrogen and oxygen atoms in total. The summed E-state index contributed by atoms with van der Waals surface area (Å²) in [6.07, 6.45) is 1.67.